The number of pyridine rings is 1. The van der Waals surface area contributed by atoms with Gasteiger partial charge in [0, 0.05) is 19.8 Å². The van der Waals surface area contributed by atoms with Crippen LogP contribution in [0.25, 0.3) is 11.5 Å². The quantitative estimate of drug-likeness (QED) is 0.676. The van der Waals surface area contributed by atoms with Crippen LogP contribution in [-0.4, -0.2) is 38.4 Å². The highest BCUT2D eigenvalue weighted by atomic mass is 16.5. The van der Waals surface area contributed by atoms with E-state index in [4.69, 9.17) is 4.74 Å². The fourth-order valence-electron chi connectivity index (χ4n) is 2.57. The van der Waals surface area contributed by atoms with Gasteiger partial charge < -0.3 is 10.1 Å². The largest absolute Gasteiger partial charge is 0.484 e. The molecule has 0 spiro atoms. The monoisotopic (exact) mass is 367 g/mol. The first-order chi connectivity index (χ1) is 13.1. The summed E-state index contributed by atoms with van der Waals surface area (Å²) in [5.74, 6) is 0.899. The van der Waals surface area contributed by atoms with Crippen LogP contribution in [0, 0.1) is 6.92 Å². The fourth-order valence-corrected chi connectivity index (χ4v) is 2.57. The Balaban J connectivity index is 1.54. The van der Waals surface area contributed by atoms with Crippen molar-refractivity contribution in [2.24, 2.45) is 7.05 Å². The Morgan fingerprint density at radius 1 is 1.19 bits per heavy atom. The number of aromatic nitrogens is 4. The average Bonchev–Trinajstić information content (AvgIpc) is 2.97. The molecule has 0 aliphatic rings. The number of hydrogen-bond acceptors (Lipinski definition) is 5. The molecule has 2 heterocycles. The van der Waals surface area contributed by atoms with Crippen LogP contribution >= 0.6 is 0 Å². The molecule has 0 bridgehead atoms. The van der Waals surface area contributed by atoms with Crippen LogP contribution in [0.3, 0.4) is 0 Å². The van der Waals surface area contributed by atoms with Crippen LogP contribution in [-0.2, 0) is 18.4 Å². The van der Waals surface area contributed by atoms with Gasteiger partial charge in [0.25, 0.3) is 5.91 Å². The summed E-state index contributed by atoms with van der Waals surface area (Å²) < 4.78 is 8.25. The fraction of sp³-hybridized carbons (Fsp3) is 0.263. The summed E-state index contributed by atoms with van der Waals surface area (Å²) in [5.41, 5.74) is 1.32. The third kappa shape index (κ3) is 4.41. The number of rotatable bonds is 7. The summed E-state index contributed by atoms with van der Waals surface area (Å²) in [4.78, 5) is 28.4. The van der Waals surface area contributed by atoms with Crippen molar-refractivity contribution in [3.8, 4) is 17.3 Å². The minimum absolute atomic E-state index is 0.0822. The molecule has 1 amide bonds. The second-order valence-electron chi connectivity index (χ2n) is 6.01. The van der Waals surface area contributed by atoms with Crippen LogP contribution in [0.1, 0.15) is 5.56 Å². The van der Waals surface area contributed by atoms with Crippen LogP contribution in [0.15, 0.2) is 53.5 Å². The van der Waals surface area contributed by atoms with Crippen LogP contribution < -0.4 is 15.7 Å². The van der Waals surface area contributed by atoms with E-state index in [-0.39, 0.29) is 31.3 Å². The first kappa shape index (κ1) is 18.4. The van der Waals surface area contributed by atoms with Crippen molar-refractivity contribution in [3.63, 3.8) is 0 Å². The van der Waals surface area contributed by atoms with Crippen LogP contribution in [0.5, 0.6) is 5.75 Å². The zero-order chi connectivity index (χ0) is 19.2. The molecule has 3 aromatic rings. The van der Waals surface area contributed by atoms with Crippen LogP contribution in [0.4, 0.5) is 0 Å². The van der Waals surface area contributed by atoms with Crippen molar-refractivity contribution >= 4 is 5.91 Å². The zero-order valence-corrected chi connectivity index (χ0v) is 15.3. The molecular formula is C19H21N5O3. The van der Waals surface area contributed by atoms with Crippen molar-refractivity contribution in [3.05, 3.63) is 64.7 Å². The number of benzene rings is 1. The van der Waals surface area contributed by atoms with E-state index in [1.807, 2.05) is 37.3 Å². The molecule has 0 unspecified atom stereocenters. The van der Waals surface area contributed by atoms with Gasteiger partial charge in [-0.05, 0) is 30.7 Å². The number of carbonyl (C=O) groups excluding carboxylic acids is 1. The van der Waals surface area contributed by atoms with Gasteiger partial charge in [-0.15, -0.1) is 5.10 Å². The van der Waals surface area contributed by atoms with Gasteiger partial charge in [-0.25, -0.2) is 9.48 Å². The standard InChI is InChI=1S/C19H21N5O3/c1-14-7-3-4-9-16(14)27-13-17(25)21-11-12-24-19(26)23(2)18(22-24)15-8-5-6-10-20-15/h3-10H,11-13H2,1-2H3,(H,21,25). The molecule has 0 radical (unpaired) electrons. The SMILES string of the molecule is Cc1ccccc1OCC(=O)NCCn1nc(-c2ccccn2)n(C)c1=O. The Bertz CT molecular complexity index is 979. The molecule has 0 saturated heterocycles. The summed E-state index contributed by atoms with van der Waals surface area (Å²) in [7, 11) is 1.64. The smallest absolute Gasteiger partial charge is 0.346 e. The lowest BCUT2D eigenvalue weighted by Gasteiger charge is -2.09. The van der Waals surface area contributed by atoms with Gasteiger partial charge >= 0.3 is 5.69 Å². The molecular weight excluding hydrogens is 346 g/mol. The predicted molar refractivity (Wildman–Crippen MR) is 100 cm³/mol. The minimum Gasteiger partial charge on any atom is -0.484 e. The van der Waals surface area contributed by atoms with Crippen molar-refractivity contribution in [1.29, 1.82) is 0 Å². The maximum Gasteiger partial charge on any atom is 0.346 e. The highest BCUT2D eigenvalue weighted by Gasteiger charge is 2.13. The average molecular weight is 367 g/mol. The first-order valence-electron chi connectivity index (χ1n) is 8.56. The number of hydrogen-bond donors (Lipinski definition) is 1. The summed E-state index contributed by atoms with van der Waals surface area (Å²) in [6, 6.07) is 12.9. The second kappa shape index (κ2) is 8.31. The Morgan fingerprint density at radius 3 is 2.70 bits per heavy atom. The van der Waals surface area contributed by atoms with Gasteiger partial charge in [0.15, 0.2) is 12.4 Å². The summed E-state index contributed by atoms with van der Waals surface area (Å²) in [6.07, 6.45) is 1.65. The highest BCUT2D eigenvalue weighted by Crippen LogP contribution is 2.15. The molecule has 8 heteroatoms. The molecule has 140 valence electrons. The number of nitrogens with zero attached hydrogens (tertiary/aromatic N) is 4. The lowest BCUT2D eigenvalue weighted by Crippen LogP contribution is -2.34. The van der Waals surface area contributed by atoms with Crippen molar-refractivity contribution < 1.29 is 9.53 Å². The number of ether oxygens (including phenoxy) is 1. The normalized spacial score (nSPS) is 10.6. The van der Waals surface area contributed by atoms with Gasteiger partial charge in [-0.1, -0.05) is 24.3 Å². The van der Waals surface area contributed by atoms with Crippen molar-refractivity contribution in [2.75, 3.05) is 13.2 Å². The number of carbonyl (C=O) groups is 1. The maximum atomic E-state index is 12.3. The Kier molecular flexibility index (Phi) is 5.65. The number of para-hydroxylation sites is 1. The van der Waals surface area contributed by atoms with E-state index in [1.54, 1.807) is 25.4 Å². The third-order valence-corrected chi connectivity index (χ3v) is 4.03. The van der Waals surface area contributed by atoms with Gasteiger partial charge in [-0.2, -0.15) is 0 Å². The van der Waals surface area contributed by atoms with Gasteiger partial charge in [-0.3, -0.25) is 14.3 Å². The van der Waals surface area contributed by atoms with E-state index in [9.17, 15) is 9.59 Å². The van der Waals surface area contributed by atoms with E-state index in [2.05, 4.69) is 15.4 Å². The van der Waals surface area contributed by atoms with E-state index < -0.39 is 0 Å². The Hall–Kier alpha value is -3.42. The van der Waals surface area contributed by atoms with E-state index in [1.165, 1.54) is 9.25 Å². The zero-order valence-electron chi connectivity index (χ0n) is 15.3. The lowest BCUT2D eigenvalue weighted by molar-refractivity contribution is -0.123. The topological polar surface area (TPSA) is 91.0 Å². The third-order valence-electron chi connectivity index (χ3n) is 4.03. The van der Waals surface area contributed by atoms with E-state index in [0.29, 0.717) is 17.3 Å². The molecule has 0 saturated carbocycles. The number of nitrogens with one attached hydrogen (secondary N) is 1. The van der Waals surface area contributed by atoms with Gasteiger partial charge in [0.1, 0.15) is 11.4 Å². The molecule has 0 aliphatic carbocycles. The lowest BCUT2D eigenvalue weighted by atomic mass is 10.2. The minimum atomic E-state index is -0.263. The molecule has 1 N–H and O–H groups in total. The molecule has 3 rings (SSSR count). The van der Waals surface area contributed by atoms with Gasteiger partial charge in [0.2, 0.25) is 0 Å². The van der Waals surface area contributed by atoms with E-state index in [0.717, 1.165) is 5.56 Å². The number of aryl methyl sites for hydroxylation is 1. The molecule has 8 nitrogen and oxygen atoms in total. The predicted octanol–water partition coefficient (Wildman–Crippen LogP) is 1.15. The molecule has 0 fully saturated rings. The summed E-state index contributed by atoms with van der Waals surface area (Å²) >= 11 is 0. The second-order valence-corrected chi connectivity index (χ2v) is 6.01. The molecule has 2 aromatic heterocycles. The number of amides is 1. The molecule has 0 atom stereocenters. The molecule has 1 aromatic carbocycles. The summed E-state index contributed by atoms with van der Waals surface area (Å²) in [6.45, 7) is 2.37. The van der Waals surface area contributed by atoms with Crippen molar-refractivity contribution in [2.45, 2.75) is 13.5 Å². The Morgan fingerprint density at radius 2 is 1.96 bits per heavy atom. The molecule has 0 aliphatic heterocycles. The van der Waals surface area contributed by atoms with Gasteiger partial charge in [0.05, 0.1) is 6.54 Å². The highest BCUT2D eigenvalue weighted by molar-refractivity contribution is 5.77. The van der Waals surface area contributed by atoms with Crippen molar-refractivity contribution in [1.82, 2.24) is 24.6 Å². The first-order valence-corrected chi connectivity index (χ1v) is 8.56. The maximum absolute atomic E-state index is 12.3. The van der Waals surface area contributed by atoms with E-state index >= 15 is 0 Å². The molecule has 27 heavy (non-hydrogen) atoms. The Labute approximate surface area is 156 Å². The summed E-state index contributed by atoms with van der Waals surface area (Å²) in [5, 5.41) is 7.03. The van der Waals surface area contributed by atoms with Crippen LogP contribution in [0.2, 0.25) is 0 Å².